The van der Waals surface area contributed by atoms with Crippen LogP contribution in [0, 0.1) is 0 Å². The molecule has 1 fully saturated rings. The number of anilines is 2. The van der Waals surface area contributed by atoms with Crippen LogP contribution < -0.4 is 10.1 Å². The van der Waals surface area contributed by atoms with Crippen molar-refractivity contribution in [3.05, 3.63) is 72.1 Å². The molecule has 0 amide bonds. The number of rotatable bonds is 6. The lowest BCUT2D eigenvalue weighted by Gasteiger charge is -2.14. The number of ether oxygens (including phenoxy) is 1. The number of aryl methyl sites for hydroxylation is 1. The molecule has 0 atom stereocenters. The van der Waals surface area contributed by atoms with Gasteiger partial charge in [-0.15, -0.1) is 0 Å². The number of carboxylic acid groups (broad SMARTS) is 1. The molecule has 2 aromatic heterocycles. The molecule has 2 aromatic carbocycles. The molecule has 0 radical (unpaired) electrons. The van der Waals surface area contributed by atoms with E-state index in [0.29, 0.717) is 11.7 Å². The lowest BCUT2D eigenvalue weighted by molar-refractivity contribution is 0.0697. The summed E-state index contributed by atoms with van der Waals surface area (Å²) in [7, 11) is 3.67. The van der Waals surface area contributed by atoms with Gasteiger partial charge in [0.05, 0.1) is 12.6 Å². The standard InChI is InChI=1S/C25H23N3O3/c1-28-10-9-17-11-19(13-21(23(17)28)16-5-7-20(31-2)8-6-16)27-24-22(25(29)30)12-18(14-26-24)15-3-4-15/h5-15H,3-4H2,1-2H3,(H,26,27)(H,29,30). The van der Waals surface area contributed by atoms with Gasteiger partial charge >= 0.3 is 5.97 Å². The molecule has 2 N–H and O–H groups in total. The van der Waals surface area contributed by atoms with Crippen LogP contribution in [-0.4, -0.2) is 27.7 Å². The minimum atomic E-state index is -0.978. The van der Waals surface area contributed by atoms with Crippen LogP contribution in [0.3, 0.4) is 0 Å². The van der Waals surface area contributed by atoms with Crippen molar-refractivity contribution >= 4 is 28.4 Å². The van der Waals surface area contributed by atoms with Crippen molar-refractivity contribution in [2.24, 2.45) is 7.05 Å². The highest BCUT2D eigenvalue weighted by atomic mass is 16.5. The molecule has 1 saturated carbocycles. The number of hydrogen-bond acceptors (Lipinski definition) is 4. The molecule has 6 nitrogen and oxygen atoms in total. The van der Waals surface area contributed by atoms with Gasteiger partial charge in [0, 0.05) is 36.1 Å². The fourth-order valence-electron chi connectivity index (χ4n) is 4.03. The number of carbonyl (C=O) groups is 1. The van der Waals surface area contributed by atoms with Crippen molar-refractivity contribution in [3.8, 4) is 16.9 Å². The van der Waals surface area contributed by atoms with Gasteiger partial charge in [-0.1, -0.05) is 12.1 Å². The number of aromatic carboxylic acids is 1. The quantitative estimate of drug-likeness (QED) is 0.432. The molecule has 0 unspecified atom stereocenters. The molecular weight excluding hydrogens is 390 g/mol. The Bertz CT molecular complexity index is 1290. The van der Waals surface area contributed by atoms with Gasteiger partial charge in [-0.25, -0.2) is 9.78 Å². The number of methoxy groups -OCH3 is 1. The van der Waals surface area contributed by atoms with Crippen LogP contribution in [0.1, 0.15) is 34.7 Å². The fraction of sp³-hybridized carbons (Fsp3) is 0.200. The molecule has 0 saturated heterocycles. The summed E-state index contributed by atoms with van der Waals surface area (Å²) in [4.78, 5) is 16.3. The van der Waals surface area contributed by atoms with Crippen molar-refractivity contribution in [1.82, 2.24) is 9.55 Å². The Kier molecular flexibility index (Phi) is 4.62. The van der Waals surface area contributed by atoms with Crippen LogP contribution in [0.15, 0.2) is 60.9 Å². The topological polar surface area (TPSA) is 76.4 Å². The summed E-state index contributed by atoms with van der Waals surface area (Å²) in [6, 6.07) is 15.8. The number of benzene rings is 2. The zero-order valence-corrected chi connectivity index (χ0v) is 17.4. The fourth-order valence-corrected chi connectivity index (χ4v) is 4.03. The van der Waals surface area contributed by atoms with E-state index in [0.717, 1.165) is 51.9 Å². The third-order valence-corrected chi connectivity index (χ3v) is 5.82. The molecule has 0 spiro atoms. The predicted molar refractivity (Wildman–Crippen MR) is 121 cm³/mol. The lowest BCUT2D eigenvalue weighted by Crippen LogP contribution is -2.06. The monoisotopic (exact) mass is 413 g/mol. The van der Waals surface area contributed by atoms with Gasteiger partial charge in [0.1, 0.15) is 17.1 Å². The van der Waals surface area contributed by atoms with E-state index < -0.39 is 5.97 Å². The minimum absolute atomic E-state index is 0.198. The van der Waals surface area contributed by atoms with Crippen LogP contribution in [0.5, 0.6) is 5.75 Å². The second-order valence-corrected chi connectivity index (χ2v) is 7.99. The summed E-state index contributed by atoms with van der Waals surface area (Å²) in [6.07, 6.45) is 6.01. The van der Waals surface area contributed by atoms with Crippen molar-refractivity contribution in [2.75, 3.05) is 12.4 Å². The average molecular weight is 413 g/mol. The number of hydrogen-bond donors (Lipinski definition) is 2. The Labute approximate surface area is 180 Å². The number of nitrogens with one attached hydrogen (secondary N) is 1. The van der Waals surface area contributed by atoms with E-state index in [2.05, 4.69) is 20.9 Å². The molecule has 156 valence electrons. The van der Waals surface area contributed by atoms with Crippen LogP contribution in [0.4, 0.5) is 11.5 Å². The van der Waals surface area contributed by atoms with Crippen LogP contribution in [0.2, 0.25) is 0 Å². The van der Waals surface area contributed by atoms with Gasteiger partial charge in [-0.05, 0) is 66.3 Å². The first-order valence-corrected chi connectivity index (χ1v) is 10.3. The summed E-state index contributed by atoms with van der Waals surface area (Å²) in [5.74, 6) is 0.621. The molecule has 1 aliphatic rings. The van der Waals surface area contributed by atoms with Crippen molar-refractivity contribution in [3.63, 3.8) is 0 Å². The van der Waals surface area contributed by atoms with Crippen molar-refractivity contribution in [2.45, 2.75) is 18.8 Å². The highest BCUT2D eigenvalue weighted by molar-refractivity contribution is 5.99. The van der Waals surface area contributed by atoms with E-state index >= 15 is 0 Å². The van der Waals surface area contributed by atoms with E-state index in [-0.39, 0.29) is 5.56 Å². The summed E-state index contributed by atoms with van der Waals surface area (Å²) < 4.78 is 7.38. The number of aromatic nitrogens is 2. The zero-order chi connectivity index (χ0) is 21.5. The molecule has 0 bridgehead atoms. The summed E-state index contributed by atoms with van der Waals surface area (Å²) in [5.41, 5.74) is 5.18. The number of nitrogens with zero attached hydrogens (tertiary/aromatic N) is 2. The van der Waals surface area contributed by atoms with Crippen molar-refractivity contribution in [1.29, 1.82) is 0 Å². The van der Waals surface area contributed by atoms with Crippen LogP contribution in [-0.2, 0) is 7.05 Å². The highest BCUT2D eigenvalue weighted by Crippen LogP contribution is 2.41. The second kappa shape index (κ2) is 7.47. The molecule has 4 aromatic rings. The van der Waals surface area contributed by atoms with Gasteiger partial charge in [0.25, 0.3) is 0 Å². The zero-order valence-electron chi connectivity index (χ0n) is 17.4. The number of fused-ring (bicyclic) bond motifs is 1. The Morgan fingerprint density at radius 2 is 1.94 bits per heavy atom. The molecule has 5 rings (SSSR count). The Morgan fingerprint density at radius 1 is 1.16 bits per heavy atom. The number of pyridine rings is 1. The molecule has 6 heteroatoms. The smallest absolute Gasteiger partial charge is 0.339 e. The third-order valence-electron chi connectivity index (χ3n) is 5.82. The first-order chi connectivity index (χ1) is 15.0. The summed E-state index contributed by atoms with van der Waals surface area (Å²) in [6.45, 7) is 0. The highest BCUT2D eigenvalue weighted by Gasteiger charge is 2.26. The minimum Gasteiger partial charge on any atom is -0.497 e. The largest absolute Gasteiger partial charge is 0.497 e. The maximum Gasteiger partial charge on any atom is 0.339 e. The molecular formula is C25H23N3O3. The first kappa shape index (κ1) is 19.2. The van der Waals surface area contributed by atoms with E-state index in [1.54, 1.807) is 19.4 Å². The van der Waals surface area contributed by atoms with Gasteiger partial charge in [0.15, 0.2) is 0 Å². The van der Waals surface area contributed by atoms with Gasteiger partial charge in [0.2, 0.25) is 0 Å². The second-order valence-electron chi connectivity index (χ2n) is 7.99. The van der Waals surface area contributed by atoms with Crippen LogP contribution >= 0.6 is 0 Å². The van der Waals surface area contributed by atoms with E-state index in [4.69, 9.17) is 4.74 Å². The van der Waals surface area contributed by atoms with Gasteiger partial charge in [-0.2, -0.15) is 0 Å². The first-order valence-electron chi connectivity index (χ1n) is 10.3. The predicted octanol–water partition coefficient (Wildman–Crippen LogP) is 5.57. The third kappa shape index (κ3) is 3.61. The SMILES string of the molecule is COc1ccc(-c2cc(Nc3ncc(C4CC4)cc3C(=O)O)cc3ccn(C)c23)cc1. The van der Waals surface area contributed by atoms with Gasteiger partial charge in [-0.3, -0.25) is 0 Å². The van der Waals surface area contributed by atoms with E-state index in [1.165, 1.54) is 0 Å². The molecule has 2 heterocycles. The summed E-state index contributed by atoms with van der Waals surface area (Å²) >= 11 is 0. The van der Waals surface area contributed by atoms with Gasteiger partial charge < -0.3 is 19.7 Å². The normalized spacial score (nSPS) is 13.4. The van der Waals surface area contributed by atoms with Crippen molar-refractivity contribution < 1.29 is 14.6 Å². The van der Waals surface area contributed by atoms with Crippen LogP contribution in [0.25, 0.3) is 22.0 Å². The number of carboxylic acids is 1. The Morgan fingerprint density at radius 3 is 2.61 bits per heavy atom. The Hall–Kier alpha value is -3.80. The molecule has 31 heavy (non-hydrogen) atoms. The lowest BCUT2D eigenvalue weighted by atomic mass is 10.0. The van der Waals surface area contributed by atoms with E-state index in [9.17, 15) is 9.90 Å². The average Bonchev–Trinajstić information content (AvgIpc) is 3.56. The summed E-state index contributed by atoms with van der Waals surface area (Å²) in [5, 5.41) is 14.0. The molecule has 1 aliphatic carbocycles. The maximum atomic E-state index is 11.9. The Balaban J connectivity index is 1.59. The molecule has 0 aliphatic heterocycles. The van der Waals surface area contributed by atoms with E-state index in [1.807, 2.05) is 49.6 Å². The maximum absolute atomic E-state index is 11.9.